The van der Waals surface area contributed by atoms with Gasteiger partial charge >= 0.3 is 5.97 Å². The minimum absolute atomic E-state index is 0.124. The maximum atomic E-state index is 12.2. The van der Waals surface area contributed by atoms with Gasteiger partial charge in [-0.15, -0.1) is 0 Å². The van der Waals surface area contributed by atoms with Gasteiger partial charge in [-0.1, -0.05) is 30.3 Å². The number of nitrogens with zero attached hydrogens (tertiary/aromatic N) is 2. The second-order valence-corrected chi connectivity index (χ2v) is 5.32. The first-order valence-corrected chi connectivity index (χ1v) is 7.63. The second kappa shape index (κ2) is 7.32. The number of rotatable bonds is 5. The number of nitriles is 1. The Bertz CT molecular complexity index is 1110. The van der Waals surface area contributed by atoms with E-state index in [0.717, 1.165) is 0 Å². The van der Waals surface area contributed by atoms with Crippen LogP contribution >= 0.6 is 0 Å². The number of carboxylic acids is 1. The minimum Gasteiger partial charge on any atom is -0.481 e. The van der Waals surface area contributed by atoms with Gasteiger partial charge in [0, 0.05) is 5.56 Å². The first kappa shape index (κ1) is 16.9. The fourth-order valence-corrected chi connectivity index (χ4v) is 2.39. The highest BCUT2D eigenvalue weighted by Gasteiger charge is 2.10. The molecular formula is C19H13N3O4. The lowest BCUT2D eigenvalue weighted by Gasteiger charge is -2.07. The van der Waals surface area contributed by atoms with Crippen LogP contribution in [0.2, 0.25) is 0 Å². The van der Waals surface area contributed by atoms with Gasteiger partial charge in [0.05, 0.1) is 16.5 Å². The lowest BCUT2D eigenvalue weighted by Crippen LogP contribution is -2.11. The lowest BCUT2D eigenvalue weighted by atomic mass is 10.1. The standard InChI is InChI=1S/C19H13N3O4/c20-10-13(9-12-5-1-4-8-16(12)26-11-17(23)24)18-21-15-7-3-2-6-14(15)19(25)22-18/h1-9H,11H2,(H,23,24)(H,21,22,25). The van der Waals surface area contributed by atoms with Gasteiger partial charge in [-0.3, -0.25) is 4.79 Å². The summed E-state index contributed by atoms with van der Waals surface area (Å²) in [6.07, 6.45) is 1.49. The molecule has 128 valence electrons. The zero-order valence-electron chi connectivity index (χ0n) is 13.5. The Labute approximate surface area is 147 Å². The molecule has 0 aliphatic rings. The smallest absolute Gasteiger partial charge is 0.341 e. The number of para-hydroxylation sites is 2. The van der Waals surface area contributed by atoms with Crippen molar-refractivity contribution in [2.45, 2.75) is 0 Å². The molecule has 0 spiro atoms. The lowest BCUT2D eigenvalue weighted by molar-refractivity contribution is -0.139. The van der Waals surface area contributed by atoms with Crippen LogP contribution in [-0.4, -0.2) is 27.7 Å². The zero-order chi connectivity index (χ0) is 18.5. The molecule has 26 heavy (non-hydrogen) atoms. The molecule has 2 aromatic carbocycles. The number of carbonyl (C=O) groups is 1. The molecule has 0 unspecified atom stereocenters. The molecule has 7 heteroatoms. The van der Waals surface area contributed by atoms with Gasteiger partial charge in [-0.25, -0.2) is 9.78 Å². The van der Waals surface area contributed by atoms with Crippen LogP contribution in [-0.2, 0) is 4.79 Å². The largest absolute Gasteiger partial charge is 0.481 e. The van der Waals surface area contributed by atoms with E-state index < -0.39 is 12.6 Å². The van der Waals surface area contributed by atoms with Gasteiger partial charge in [-0.2, -0.15) is 5.26 Å². The van der Waals surface area contributed by atoms with E-state index in [9.17, 15) is 14.9 Å². The second-order valence-electron chi connectivity index (χ2n) is 5.32. The average Bonchev–Trinajstić information content (AvgIpc) is 2.65. The number of hydrogen-bond donors (Lipinski definition) is 2. The maximum absolute atomic E-state index is 12.2. The van der Waals surface area contributed by atoms with Crippen molar-refractivity contribution in [2.75, 3.05) is 6.61 Å². The summed E-state index contributed by atoms with van der Waals surface area (Å²) in [6, 6.07) is 15.5. The predicted molar refractivity (Wildman–Crippen MR) is 95.4 cm³/mol. The first-order valence-electron chi connectivity index (χ1n) is 7.63. The molecule has 0 atom stereocenters. The summed E-state index contributed by atoms with van der Waals surface area (Å²) in [4.78, 5) is 29.8. The highest BCUT2D eigenvalue weighted by Crippen LogP contribution is 2.23. The molecule has 0 saturated heterocycles. The molecular weight excluding hydrogens is 334 g/mol. The highest BCUT2D eigenvalue weighted by molar-refractivity contribution is 5.90. The highest BCUT2D eigenvalue weighted by atomic mass is 16.5. The summed E-state index contributed by atoms with van der Waals surface area (Å²) in [5, 5.41) is 18.7. The number of nitrogens with one attached hydrogen (secondary N) is 1. The van der Waals surface area contributed by atoms with E-state index in [1.54, 1.807) is 48.5 Å². The number of aliphatic carboxylic acids is 1. The molecule has 1 heterocycles. The first-order chi connectivity index (χ1) is 12.6. The van der Waals surface area contributed by atoms with Crippen molar-refractivity contribution in [3.63, 3.8) is 0 Å². The maximum Gasteiger partial charge on any atom is 0.341 e. The molecule has 0 bridgehead atoms. The third-order valence-electron chi connectivity index (χ3n) is 3.56. The van der Waals surface area contributed by atoms with E-state index in [0.29, 0.717) is 22.2 Å². The molecule has 7 nitrogen and oxygen atoms in total. The van der Waals surface area contributed by atoms with Crippen LogP contribution in [0, 0.1) is 11.3 Å². The molecule has 0 fully saturated rings. The fraction of sp³-hybridized carbons (Fsp3) is 0.0526. The van der Waals surface area contributed by atoms with Crippen molar-refractivity contribution in [3.05, 3.63) is 70.3 Å². The quantitative estimate of drug-likeness (QED) is 0.685. The number of fused-ring (bicyclic) bond motifs is 1. The summed E-state index contributed by atoms with van der Waals surface area (Å²) in [6.45, 7) is -0.502. The van der Waals surface area contributed by atoms with Gasteiger partial charge in [0.15, 0.2) is 12.4 Å². The number of H-pyrrole nitrogens is 1. The zero-order valence-corrected chi connectivity index (χ0v) is 13.5. The summed E-state index contributed by atoms with van der Waals surface area (Å²) in [7, 11) is 0. The molecule has 0 saturated carbocycles. The van der Waals surface area contributed by atoms with Crippen molar-refractivity contribution >= 4 is 28.5 Å². The van der Waals surface area contributed by atoms with E-state index in [4.69, 9.17) is 9.84 Å². The van der Waals surface area contributed by atoms with Crippen LogP contribution < -0.4 is 10.3 Å². The monoisotopic (exact) mass is 347 g/mol. The predicted octanol–water partition coefficient (Wildman–Crippen LogP) is 2.45. The van der Waals surface area contributed by atoms with E-state index in [-0.39, 0.29) is 17.0 Å². The topological polar surface area (TPSA) is 116 Å². The number of aromatic nitrogens is 2. The summed E-state index contributed by atoms with van der Waals surface area (Å²) in [5.41, 5.74) is 0.755. The van der Waals surface area contributed by atoms with E-state index in [1.807, 2.05) is 6.07 Å². The van der Waals surface area contributed by atoms with Crippen molar-refractivity contribution in [1.82, 2.24) is 9.97 Å². The molecule has 2 N–H and O–H groups in total. The third kappa shape index (κ3) is 3.60. The Morgan fingerprint density at radius 3 is 2.73 bits per heavy atom. The summed E-state index contributed by atoms with van der Waals surface area (Å²) in [5.74, 6) is -0.667. The third-order valence-corrected chi connectivity index (χ3v) is 3.56. The summed E-state index contributed by atoms with van der Waals surface area (Å²) < 4.78 is 5.23. The van der Waals surface area contributed by atoms with Crippen LogP contribution in [0.4, 0.5) is 0 Å². The fourth-order valence-electron chi connectivity index (χ4n) is 2.39. The van der Waals surface area contributed by atoms with E-state index in [2.05, 4.69) is 9.97 Å². The number of aromatic amines is 1. The number of allylic oxidation sites excluding steroid dienone is 1. The number of carboxylic acid groups (broad SMARTS) is 1. The van der Waals surface area contributed by atoms with E-state index >= 15 is 0 Å². The van der Waals surface area contributed by atoms with Gasteiger partial charge in [0.25, 0.3) is 5.56 Å². The molecule has 0 amide bonds. The molecule has 3 aromatic rings. The Morgan fingerprint density at radius 2 is 1.96 bits per heavy atom. The molecule has 0 radical (unpaired) electrons. The van der Waals surface area contributed by atoms with Crippen LogP contribution in [0.5, 0.6) is 5.75 Å². The van der Waals surface area contributed by atoms with E-state index in [1.165, 1.54) is 6.08 Å². The van der Waals surface area contributed by atoms with Crippen molar-refractivity contribution in [3.8, 4) is 11.8 Å². The SMILES string of the molecule is N#CC(=Cc1ccccc1OCC(=O)O)c1nc2ccccc2c(=O)[nH]1. The number of hydrogen-bond acceptors (Lipinski definition) is 5. The Morgan fingerprint density at radius 1 is 1.23 bits per heavy atom. The molecule has 3 rings (SSSR count). The van der Waals surface area contributed by atoms with Crippen molar-refractivity contribution in [2.24, 2.45) is 0 Å². The van der Waals surface area contributed by atoms with Crippen LogP contribution in [0.25, 0.3) is 22.6 Å². The molecule has 1 aromatic heterocycles. The minimum atomic E-state index is -1.11. The van der Waals surface area contributed by atoms with Gasteiger partial charge < -0.3 is 14.8 Å². The van der Waals surface area contributed by atoms with Crippen molar-refractivity contribution in [1.29, 1.82) is 5.26 Å². The Hall–Kier alpha value is -3.92. The van der Waals surface area contributed by atoms with Gasteiger partial charge in [0.2, 0.25) is 0 Å². The van der Waals surface area contributed by atoms with Crippen LogP contribution in [0.1, 0.15) is 11.4 Å². The van der Waals surface area contributed by atoms with Crippen LogP contribution in [0.15, 0.2) is 53.3 Å². The van der Waals surface area contributed by atoms with Gasteiger partial charge in [0.1, 0.15) is 11.8 Å². The number of ether oxygens (including phenoxy) is 1. The van der Waals surface area contributed by atoms with Gasteiger partial charge in [-0.05, 0) is 24.3 Å². The average molecular weight is 347 g/mol. The molecule has 0 aliphatic heterocycles. The van der Waals surface area contributed by atoms with Crippen molar-refractivity contribution < 1.29 is 14.6 Å². The Balaban J connectivity index is 2.06. The normalized spacial score (nSPS) is 11.1. The molecule has 0 aliphatic carbocycles. The summed E-state index contributed by atoms with van der Waals surface area (Å²) >= 11 is 0. The van der Waals surface area contributed by atoms with Crippen LogP contribution in [0.3, 0.4) is 0 Å². The number of benzene rings is 2. The Kier molecular flexibility index (Phi) is 4.76.